The van der Waals surface area contributed by atoms with Gasteiger partial charge < -0.3 is 10.2 Å². The van der Waals surface area contributed by atoms with Crippen LogP contribution in [0.25, 0.3) is 0 Å². The van der Waals surface area contributed by atoms with Crippen LogP contribution in [0.2, 0.25) is 0 Å². The van der Waals surface area contributed by atoms with Gasteiger partial charge >= 0.3 is 0 Å². The Bertz CT molecular complexity index is 227. The highest BCUT2D eigenvalue weighted by molar-refractivity contribution is 4.89. The molecular formula is C16H30O2. The van der Waals surface area contributed by atoms with E-state index in [1.54, 1.807) is 0 Å². The van der Waals surface area contributed by atoms with E-state index in [1.165, 1.54) is 25.7 Å². The lowest BCUT2D eigenvalue weighted by Crippen LogP contribution is -2.39. The van der Waals surface area contributed by atoms with E-state index in [-0.39, 0.29) is 12.2 Å². The van der Waals surface area contributed by atoms with Crippen LogP contribution in [0.4, 0.5) is 0 Å². The van der Waals surface area contributed by atoms with E-state index in [1.807, 2.05) is 0 Å². The average Bonchev–Trinajstić information content (AvgIpc) is 2.38. The molecule has 2 saturated carbocycles. The van der Waals surface area contributed by atoms with Crippen molar-refractivity contribution in [3.05, 3.63) is 0 Å². The summed E-state index contributed by atoms with van der Waals surface area (Å²) in [7, 11) is 0. The summed E-state index contributed by atoms with van der Waals surface area (Å²) in [5.41, 5.74) is 0. The fourth-order valence-corrected chi connectivity index (χ4v) is 4.59. The van der Waals surface area contributed by atoms with Crippen LogP contribution < -0.4 is 0 Å². The van der Waals surface area contributed by atoms with Crippen molar-refractivity contribution in [2.24, 2.45) is 23.7 Å². The minimum atomic E-state index is -0.0551. The summed E-state index contributed by atoms with van der Waals surface area (Å²) in [5, 5.41) is 19.7. The van der Waals surface area contributed by atoms with Gasteiger partial charge in [-0.2, -0.15) is 0 Å². The Morgan fingerprint density at radius 1 is 0.722 bits per heavy atom. The Morgan fingerprint density at radius 2 is 1.11 bits per heavy atom. The topological polar surface area (TPSA) is 40.5 Å². The highest BCUT2D eigenvalue weighted by Crippen LogP contribution is 2.46. The number of hydrogen-bond acceptors (Lipinski definition) is 2. The van der Waals surface area contributed by atoms with Gasteiger partial charge in [0.1, 0.15) is 0 Å². The molecule has 0 saturated heterocycles. The van der Waals surface area contributed by atoms with Crippen molar-refractivity contribution in [3.63, 3.8) is 0 Å². The third kappa shape index (κ3) is 3.08. The van der Waals surface area contributed by atoms with E-state index in [2.05, 4.69) is 13.8 Å². The maximum Gasteiger partial charge on any atom is 0.0543 e. The van der Waals surface area contributed by atoms with Crippen molar-refractivity contribution in [1.82, 2.24) is 0 Å². The van der Waals surface area contributed by atoms with Gasteiger partial charge in [0.2, 0.25) is 0 Å². The van der Waals surface area contributed by atoms with Crippen LogP contribution in [0.1, 0.15) is 65.2 Å². The summed E-state index contributed by atoms with van der Waals surface area (Å²) in [6.07, 6.45) is 8.73. The van der Waals surface area contributed by atoms with Crippen LogP contribution in [0.5, 0.6) is 0 Å². The van der Waals surface area contributed by atoms with Crippen molar-refractivity contribution >= 4 is 0 Å². The Labute approximate surface area is 112 Å². The smallest absolute Gasteiger partial charge is 0.0543 e. The number of aliphatic hydroxyl groups is 2. The minimum Gasteiger partial charge on any atom is -0.393 e. The normalized spacial score (nSPS) is 46.0. The fourth-order valence-electron chi connectivity index (χ4n) is 4.59. The molecule has 0 aliphatic heterocycles. The predicted molar refractivity (Wildman–Crippen MR) is 74.3 cm³/mol. The summed E-state index contributed by atoms with van der Waals surface area (Å²) in [6, 6.07) is 0. The van der Waals surface area contributed by atoms with Crippen LogP contribution >= 0.6 is 0 Å². The Morgan fingerprint density at radius 3 is 1.44 bits per heavy atom. The molecule has 0 aromatic rings. The molecule has 6 unspecified atom stereocenters. The molecule has 0 spiro atoms. The summed E-state index contributed by atoms with van der Waals surface area (Å²) < 4.78 is 0. The lowest BCUT2D eigenvalue weighted by atomic mass is 9.62. The molecule has 2 N–H and O–H groups in total. The number of hydrogen-bond donors (Lipinski definition) is 2. The summed E-state index contributed by atoms with van der Waals surface area (Å²) in [4.78, 5) is 0. The molecule has 2 aliphatic rings. The van der Waals surface area contributed by atoms with Crippen molar-refractivity contribution < 1.29 is 10.2 Å². The van der Waals surface area contributed by atoms with Crippen molar-refractivity contribution in [1.29, 1.82) is 0 Å². The molecule has 0 heterocycles. The molecule has 6 atom stereocenters. The quantitative estimate of drug-likeness (QED) is 0.810. The van der Waals surface area contributed by atoms with Crippen LogP contribution in [0.15, 0.2) is 0 Å². The predicted octanol–water partition coefficient (Wildman–Crippen LogP) is 3.36. The molecule has 2 nitrogen and oxygen atoms in total. The van der Waals surface area contributed by atoms with Crippen LogP contribution in [0.3, 0.4) is 0 Å². The first-order chi connectivity index (χ1) is 8.65. The van der Waals surface area contributed by atoms with Crippen LogP contribution in [0, 0.1) is 23.7 Å². The van der Waals surface area contributed by atoms with Gasteiger partial charge in [0.25, 0.3) is 0 Å². The average molecular weight is 254 g/mol. The molecular weight excluding hydrogens is 224 g/mol. The summed E-state index contributed by atoms with van der Waals surface area (Å²) in [5.74, 6) is 3.03. The van der Waals surface area contributed by atoms with Crippen molar-refractivity contribution in [2.75, 3.05) is 0 Å². The zero-order valence-electron chi connectivity index (χ0n) is 12.0. The highest BCUT2D eigenvalue weighted by atomic mass is 16.3. The van der Waals surface area contributed by atoms with E-state index in [9.17, 15) is 10.2 Å². The second kappa shape index (κ2) is 6.38. The summed E-state index contributed by atoms with van der Waals surface area (Å²) in [6.45, 7) is 4.54. The Hall–Kier alpha value is -0.0800. The summed E-state index contributed by atoms with van der Waals surface area (Å²) >= 11 is 0. The maximum atomic E-state index is 9.85. The molecule has 18 heavy (non-hydrogen) atoms. The molecule has 0 bridgehead atoms. The lowest BCUT2D eigenvalue weighted by Gasteiger charge is -2.45. The molecule has 106 valence electrons. The third-order valence-electron chi connectivity index (χ3n) is 5.63. The highest BCUT2D eigenvalue weighted by Gasteiger charge is 2.39. The largest absolute Gasteiger partial charge is 0.393 e. The second-order valence-corrected chi connectivity index (χ2v) is 6.60. The first-order valence-corrected chi connectivity index (χ1v) is 8.01. The molecule has 0 radical (unpaired) electrons. The van der Waals surface area contributed by atoms with E-state index in [0.717, 1.165) is 37.5 Å². The van der Waals surface area contributed by atoms with Crippen molar-refractivity contribution in [3.8, 4) is 0 Å². The molecule has 0 amide bonds. The van der Waals surface area contributed by atoms with Gasteiger partial charge in [0.05, 0.1) is 12.2 Å². The van der Waals surface area contributed by atoms with Gasteiger partial charge in [-0.1, -0.05) is 26.7 Å². The van der Waals surface area contributed by atoms with E-state index in [4.69, 9.17) is 0 Å². The number of aliphatic hydroxyl groups excluding tert-OH is 2. The molecule has 2 rings (SSSR count). The molecule has 2 heteroatoms. The number of rotatable bonds is 3. The third-order valence-corrected chi connectivity index (χ3v) is 5.63. The first-order valence-electron chi connectivity index (χ1n) is 8.01. The molecule has 2 fully saturated rings. The second-order valence-electron chi connectivity index (χ2n) is 6.60. The fraction of sp³-hybridized carbons (Fsp3) is 1.00. The van der Waals surface area contributed by atoms with Gasteiger partial charge in [0, 0.05) is 0 Å². The van der Waals surface area contributed by atoms with Gasteiger partial charge in [-0.3, -0.25) is 0 Å². The van der Waals surface area contributed by atoms with Gasteiger partial charge in [-0.25, -0.2) is 0 Å². The maximum absolute atomic E-state index is 9.85. The zero-order chi connectivity index (χ0) is 13.1. The zero-order valence-corrected chi connectivity index (χ0v) is 12.0. The van der Waals surface area contributed by atoms with Crippen LogP contribution in [-0.4, -0.2) is 22.4 Å². The SMILES string of the molecule is CCC1CC(O)CCC1C1CCC(O)CC1CC. The monoisotopic (exact) mass is 254 g/mol. The van der Waals surface area contributed by atoms with Gasteiger partial charge in [-0.05, 0) is 62.2 Å². The molecule has 0 aromatic carbocycles. The van der Waals surface area contributed by atoms with E-state index < -0.39 is 0 Å². The molecule has 2 aliphatic carbocycles. The van der Waals surface area contributed by atoms with Crippen LogP contribution in [-0.2, 0) is 0 Å². The Kier molecular flexibility index (Phi) is 5.08. The lowest BCUT2D eigenvalue weighted by molar-refractivity contribution is -0.0104. The standard InChI is InChI=1S/C16H30O2/c1-3-11-9-13(17)5-7-15(11)16-8-6-14(18)10-12(16)4-2/h11-18H,3-10H2,1-2H3. The van der Waals surface area contributed by atoms with Gasteiger partial charge in [-0.15, -0.1) is 0 Å². The Balaban J connectivity index is 2.03. The molecule has 0 aromatic heterocycles. The van der Waals surface area contributed by atoms with Gasteiger partial charge in [0.15, 0.2) is 0 Å². The van der Waals surface area contributed by atoms with Crippen molar-refractivity contribution in [2.45, 2.75) is 77.4 Å². The minimum absolute atomic E-state index is 0.0551. The first kappa shape index (κ1) is 14.3. The van der Waals surface area contributed by atoms with E-state index >= 15 is 0 Å². The van der Waals surface area contributed by atoms with E-state index in [0.29, 0.717) is 11.8 Å².